The Morgan fingerprint density at radius 2 is 1.83 bits per heavy atom. The molecule has 0 radical (unpaired) electrons. The summed E-state index contributed by atoms with van der Waals surface area (Å²) in [5.74, 6) is 2.76. The summed E-state index contributed by atoms with van der Waals surface area (Å²) in [7, 11) is 0. The molecule has 5 heteroatoms. The van der Waals surface area contributed by atoms with Crippen molar-refractivity contribution in [2.75, 3.05) is 32.8 Å². The molecule has 1 unspecified atom stereocenters. The lowest BCUT2D eigenvalue weighted by molar-refractivity contribution is -0.136. The molecule has 0 saturated carbocycles. The quantitative estimate of drug-likeness (QED) is 0.854. The summed E-state index contributed by atoms with van der Waals surface area (Å²) in [5, 5.41) is 3.49. The summed E-state index contributed by atoms with van der Waals surface area (Å²) < 4.78 is 5.80. The van der Waals surface area contributed by atoms with E-state index in [4.69, 9.17) is 4.74 Å². The maximum atomic E-state index is 12.9. The number of para-hydroxylation sites is 1. The Hall–Kier alpha value is -1.26. The van der Waals surface area contributed by atoms with Crippen molar-refractivity contribution < 1.29 is 9.53 Å². The zero-order chi connectivity index (χ0) is 14.9. The van der Waals surface area contributed by atoms with Gasteiger partial charge in [-0.05, 0) is 55.8 Å². The highest BCUT2D eigenvalue weighted by Crippen LogP contribution is 2.30. The number of nitrogens with one attached hydrogen (secondary N) is 1. The maximum Gasteiger partial charge on any atom is 0.229 e. The summed E-state index contributed by atoms with van der Waals surface area (Å²) in [6, 6.07) is 8.08. The standard InChI is InChI=1S/C18H24N2O2.ClH/c21-18(16-9-13-3-1-2-4-17(13)22-12-16)20-7-5-14-10-19-11-15(14)6-8-20;/h1-4,14-16,19H,5-12H2;1H/t14-,15+,16?;. The van der Waals surface area contributed by atoms with Gasteiger partial charge in [0.1, 0.15) is 12.4 Å². The molecular formula is C18H25ClN2O2. The molecule has 3 aliphatic heterocycles. The van der Waals surface area contributed by atoms with Crippen molar-refractivity contribution in [3.05, 3.63) is 29.8 Å². The lowest BCUT2D eigenvalue weighted by Crippen LogP contribution is -2.41. The molecule has 1 N–H and O–H groups in total. The number of rotatable bonds is 1. The molecule has 0 spiro atoms. The van der Waals surface area contributed by atoms with Gasteiger partial charge in [0.25, 0.3) is 0 Å². The van der Waals surface area contributed by atoms with Crippen molar-refractivity contribution in [1.29, 1.82) is 0 Å². The molecule has 1 aromatic rings. The SMILES string of the molecule is Cl.O=C(C1COc2ccccc2C1)N1CC[C@@H]2CNC[C@@H]2CC1. The molecule has 0 aliphatic carbocycles. The summed E-state index contributed by atoms with van der Waals surface area (Å²) in [6.45, 7) is 4.62. The van der Waals surface area contributed by atoms with Gasteiger partial charge in [0.05, 0.1) is 5.92 Å². The van der Waals surface area contributed by atoms with Gasteiger partial charge in [-0.2, -0.15) is 0 Å². The first-order valence-corrected chi connectivity index (χ1v) is 8.51. The molecule has 2 fully saturated rings. The lowest BCUT2D eigenvalue weighted by Gasteiger charge is -2.30. The highest BCUT2D eigenvalue weighted by atomic mass is 35.5. The van der Waals surface area contributed by atoms with Crippen molar-refractivity contribution in [3.63, 3.8) is 0 Å². The number of halogens is 1. The highest BCUT2D eigenvalue weighted by molar-refractivity contribution is 5.85. The topological polar surface area (TPSA) is 41.6 Å². The van der Waals surface area contributed by atoms with Gasteiger partial charge in [-0.3, -0.25) is 4.79 Å². The van der Waals surface area contributed by atoms with E-state index in [1.54, 1.807) is 0 Å². The molecule has 23 heavy (non-hydrogen) atoms. The third-order valence-corrected chi connectivity index (χ3v) is 5.56. The van der Waals surface area contributed by atoms with Crippen molar-refractivity contribution in [2.45, 2.75) is 19.3 Å². The van der Waals surface area contributed by atoms with Crippen LogP contribution < -0.4 is 10.1 Å². The molecule has 0 aromatic heterocycles. The van der Waals surface area contributed by atoms with Gasteiger partial charge >= 0.3 is 0 Å². The molecule has 4 nitrogen and oxygen atoms in total. The van der Waals surface area contributed by atoms with E-state index in [0.29, 0.717) is 12.5 Å². The van der Waals surface area contributed by atoms with Gasteiger partial charge in [-0.15, -0.1) is 12.4 Å². The van der Waals surface area contributed by atoms with Crippen LogP contribution in [0.5, 0.6) is 5.75 Å². The van der Waals surface area contributed by atoms with E-state index in [2.05, 4.69) is 16.3 Å². The first kappa shape index (κ1) is 16.6. The number of benzene rings is 1. The van der Waals surface area contributed by atoms with Gasteiger partial charge in [0.15, 0.2) is 0 Å². The van der Waals surface area contributed by atoms with Crippen LogP contribution in [0, 0.1) is 17.8 Å². The fraction of sp³-hybridized carbons (Fsp3) is 0.611. The summed E-state index contributed by atoms with van der Waals surface area (Å²) >= 11 is 0. The minimum atomic E-state index is -0.00837. The minimum Gasteiger partial charge on any atom is -0.492 e. The van der Waals surface area contributed by atoms with Crippen LogP contribution in [-0.2, 0) is 11.2 Å². The van der Waals surface area contributed by atoms with E-state index in [1.807, 2.05) is 18.2 Å². The van der Waals surface area contributed by atoms with Crippen LogP contribution in [0.1, 0.15) is 18.4 Å². The fourth-order valence-corrected chi connectivity index (χ4v) is 4.18. The molecule has 3 heterocycles. The van der Waals surface area contributed by atoms with E-state index in [-0.39, 0.29) is 18.3 Å². The first-order chi connectivity index (χ1) is 10.8. The second-order valence-corrected chi connectivity index (χ2v) is 6.90. The molecule has 3 atom stereocenters. The van der Waals surface area contributed by atoms with Gasteiger partial charge in [-0.1, -0.05) is 18.2 Å². The predicted octanol–water partition coefficient (Wildman–Crippen LogP) is 2.12. The van der Waals surface area contributed by atoms with Crippen LogP contribution in [-0.4, -0.2) is 43.6 Å². The summed E-state index contributed by atoms with van der Waals surface area (Å²) in [5.41, 5.74) is 1.17. The Labute approximate surface area is 144 Å². The van der Waals surface area contributed by atoms with Crippen molar-refractivity contribution in [1.82, 2.24) is 10.2 Å². The van der Waals surface area contributed by atoms with E-state index in [1.165, 1.54) is 5.56 Å². The van der Waals surface area contributed by atoms with Gasteiger partial charge in [-0.25, -0.2) is 0 Å². The minimum absolute atomic E-state index is 0. The second-order valence-electron chi connectivity index (χ2n) is 6.90. The molecule has 0 bridgehead atoms. The van der Waals surface area contributed by atoms with E-state index < -0.39 is 0 Å². The summed E-state index contributed by atoms with van der Waals surface area (Å²) in [6.07, 6.45) is 3.11. The number of carbonyl (C=O) groups is 1. The lowest BCUT2D eigenvalue weighted by atomic mass is 9.92. The number of amides is 1. The second kappa shape index (κ2) is 7.10. The van der Waals surface area contributed by atoms with Gasteiger partial charge in [0.2, 0.25) is 5.91 Å². The third kappa shape index (κ3) is 3.33. The Kier molecular flexibility index (Phi) is 5.12. The predicted molar refractivity (Wildman–Crippen MR) is 92.0 cm³/mol. The van der Waals surface area contributed by atoms with Crippen molar-refractivity contribution in [2.24, 2.45) is 17.8 Å². The van der Waals surface area contributed by atoms with Gasteiger partial charge in [0, 0.05) is 13.1 Å². The molecule has 1 amide bonds. The van der Waals surface area contributed by atoms with Crippen molar-refractivity contribution >= 4 is 18.3 Å². The van der Waals surface area contributed by atoms with E-state index in [9.17, 15) is 4.79 Å². The Morgan fingerprint density at radius 3 is 2.57 bits per heavy atom. The number of likely N-dealkylation sites (tertiary alicyclic amines) is 1. The van der Waals surface area contributed by atoms with E-state index >= 15 is 0 Å². The molecule has 1 aromatic carbocycles. The normalized spacial score (nSPS) is 29.6. The van der Waals surface area contributed by atoms with Crippen LogP contribution in [0.15, 0.2) is 24.3 Å². The number of fused-ring (bicyclic) bond motifs is 2. The zero-order valence-corrected chi connectivity index (χ0v) is 14.2. The zero-order valence-electron chi connectivity index (χ0n) is 13.4. The van der Waals surface area contributed by atoms with E-state index in [0.717, 1.165) is 63.0 Å². The Morgan fingerprint density at radius 1 is 1.13 bits per heavy atom. The number of nitrogens with zero attached hydrogens (tertiary/aromatic N) is 1. The van der Waals surface area contributed by atoms with Crippen LogP contribution in [0.25, 0.3) is 0 Å². The molecular weight excluding hydrogens is 312 g/mol. The average molecular weight is 337 g/mol. The maximum absolute atomic E-state index is 12.9. The monoisotopic (exact) mass is 336 g/mol. The van der Waals surface area contributed by atoms with Crippen LogP contribution in [0.3, 0.4) is 0 Å². The molecule has 3 aliphatic rings. The van der Waals surface area contributed by atoms with Crippen molar-refractivity contribution in [3.8, 4) is 5.75 Å². The van der Waals surface area contributed by atoms with Gasteiger partial charge < -0.3 is 15.0 Å². The largest absolute Gasteiger partial charge is 0.492 e. The fourth-order valence-electron chi connectivity index (χ4n) is 4.18. The third-order valence-electron chi connectivity index (χ3n) is 5.56. The number of hydrogen-bond donors (Lipinski definition) is 1. The Bertz CT molecular complexity index is 552. The van der Waals surface area contributed by atoms with Crippen LogP contribution in [0.2, 0.25) is 0 Å². The van der Waals surface area contributed by atoms with Crippen LogP contribution in [0.4, 0.5) is 0 Å². The van der Waals surface area contributed by atoms with Crippen LogP contribution >= 0.6 is 12.4 Å². The average Bonchev–Trinajstić information content (AvgIpc) is 2.92. The molecule has 126 valence electrons. The molecule has 4 rings (SSSR count). The summed E-state index contributed by atoms with van der Waals surface area (Å²) in [4.78, 5) is 15.0. The Balaban J connectivity index is 0.00000156. The molecule has 2 saturated heterocycles. The number of hydrogen-bond acceptors (Lipinski definition) is 3. The number of carbonyl (C=O) groups excluding carboxylic acids is 1. The highest BCUT2D eigenvalue weighted by Gasteiger charge is 2.34. The number of ether oxygens (including phenoxy) is 1. The first-order valence-electron chi connectivity index (χ1n) is 8.51. The smallest absolute Gasteiger partial charge is 0.229 e.